The Morgan fingerprint density at radius 3 is 2.76 bits per heavy atom. The van der Waals surface area contributed by atoms with Crippen molar-refractivity contribution in [2.24, 2.45) is 11.8 Å². The molecule has 0 aliphatic heterocycles. The summed E-state index contributed by atoms with van der Waals surface area (Å²) in [6, 6.07) is 10.4. The van der Waals surface area contributed by atoms with Gasteiger partial charge in [-0.3, -0.25) is 0 Å². The molecule has 0 spiro atoms. The van der Waals surface area contributed by atoms with Crippen molar-refractivity contribution in [2.45, 2.75) is 43.6 Å². The zero-order valence-corrected chi connectivity index (χ0v) is 11.3. The van der Waals surface area contributed by atoms with E-state index in [9.17, 15) is 5.11 Å². The van der Waals surface area contributed by atoms with Crippen LogP contribution in [-0.4, -0.2) is 17.0 Å². The lowest BCUT2D eigenvalue weighted by atomic mass is 9.80. The fourth-order valence-corrected chi connectivity index (χ4v) is 3.65. The van der Waals surface area contributed by atoms with Crippen molar-refractivity contribution in [1.29, 1.82) is 0 Å². The van der Waals surface area contributed by atoms with Gasteiger partial charge in [0.05, 0.1) is 6.10 Å². The standard InChI is InChI=1S/C15H22OS/c1-12-6-5-7-13(10-12)15(16)11-17-14-8-3-2-4-9-14/h2-4,8-9,12-13,15-16H,5-7,10-11H2,1H3. The van der Waals surface area contributed by atoms with E-state index in [4.69, 9.17) is 0 Å². The van der Waals surface area contributed by atoms with Crippen LogP contribution in [0.3, 0.4) is 0 Å². The number of aliphatic hydroxyl groups excluding tert-OH is 1. The van der Waals surface area contributed by atoms with Gasteiger partial charge in [-0.15, -0.1) is 11.8 Å². The molecule has 1 aliphatic rings. The van der Waals surface area contributed by atoms with Crippen LogP contribution in [0.15, 0.2) is 35.2 Å². The van der Waals surface area contributed by atoms with E-state index in [1.54, 1.807) is 11.8 Å². The van der Waals surface area contributed by atoms with Gasteiger partial charge in [0.15, 0.2) is 0 Å². The topological polar surface area (TPSA) is 20.2 Å². The van der Waals surface area contributed by atoms with Gasteiger partial charge >= 0.3 is 0 Å². The highest BCUT2D eigenvalue weighted by Gasteiger charge is 2.25. The van der Waals surface area contributed by atoms with Crippen LogP contribution in [0.5, 0.6) is 0 Å². The molecule has 0 saturated heterocycles. The van der Waals surface area contributed by atoms with E-state index < -0.39 is 0 Å². The SMILES string of the molecule is CC1CCCC(C(O)CSc2ccccc2)C1. The second-order valence-corrected chi connectivity index (χ2v) is 6.32. The first-order valence-corrected chi connectivity index (χ1v) is 7.60. The maximum atomic E-state index is 10.2. The van der Waals surface area contributed by atoms with Crippen molar-refractivity contribution >= 4 is 11.8 Å². The van der Waals surface area contributed by atoms with E-state index >= 15 is 0 Å². The molecule has 94 valence electrons. The molecular weight excluding hydrogens is 228 g/mol. The normalized spacial score (nSPS) is 26.7. The van der Waals surface area contributed by atoms with Crippen LogP contribution in [0.1, 0.15) is 32.6 Å². The maximum absolute atomic E-state index is 10.2. The smallest absolute Gasteiger partial charge is 0.0662 e. The molecule has 1 saturated carbocycles. The van der Waals surface area contributed by atoms with Crippen LogP contribution in [0.2, 0.25) is 0 Å². The Kier molecular flexibility index (Phi) is 4.93. The molecule has 0 amide bonds. The first-order chi connectivity index (χ1) is 8.25. The molecule has 2 heteroatoms. The Hall–Kier alpha value is -0.470. The molecule has 1 nitrogen and oxygen atoms in total. The van der Waals surface area contributed by atoms with Gasteiger partial charge < -0.3 is 5.11 Å². The minimum absolute atomic E-state index is 0.136. The predicted octanol–water partition coefficient (Wildman–Crippen LogP) is 3.97. The predicted molar refractivity (Wildman–Crippen MR) is 74.3 cm³/mol. The number of benzene rings is 1. The highest BCUT2D eigenvalue weighted by Crippen LogP contribution is 2.32. The highest BCUT2D eigenvalue weighted by atomic mass is 32.2. The van der Waals surface area contributed by atoms with Gasteiger partial charge in [0.25, 0.3) is 0 Å². The Labute approximate surface area is 109 Å². The summed E-state index contributed by atoms with van der Waals surface area (Å²) < 4.78 is 0. The van der Waals surface area contributed by atoms with Crippen molar-refractivity contribution in [3.63, 3.8) is 0 Å². The molecule has 1 aromatic rings. The molecule has 17 heavy (non-hydrogen) atoms. The third-order valence-electron chi connectivity index (χ3n) is 3.69. The van der Waals surface area contributed by atoms with E-state index in [1.807, 2.05) is 6.07 Å². The van der Waals surface area contributed by atoms with Gasteiger partial charge in [-0.25, -0.2) is 0 Å². The van der Waals surface area contributed by atoms with Crippen LogP contribution in [0, 0.1) is 11.8 Å². The molecule has 0 heterocycles. The van der Waals surface area contributed by atoms with Gasteiger partial charge in [-0.1, -0.05) is 38.0 Å². The fourth-order valence-electron chi connectivity index (χ4n) is 2.66. The Balaban J connectivity index is 1.79. The van der Waals surface area contributed by atoms with Crippen molar-refractivity contribution < 1.29 is 5.11 Å². The quantitative estimate of drug-likeness (QED) is 0.816. The molecule has 0 radical (unpaired) electrons. The second-order valence-electron chi connectivity index (χ2n) is 5.22. The molecule has 1 aliphatic carbocycles. The molecule has 1 aromatic carbocycles. The Morgan fingerprint density at radius 1 is 1.29 bits per heavy atom. The average molecular weight is 250 g/mol. The molecular formula is C15H22OS. The molecule has 3 unspecified atom stereocenters. The number of hydrogen-bond acceptors (Lipinski definition) is 2. The second kappa shape index (κ2) is 6.46. The molecule has 1 N–H and O–H groups in total. The Morgan fingerprint density at radius 2 is 2.06 bits per heavy atom. The van der Waals surface area contributed by atoms with Gasteiger partial charge in [-0.2, -0.15) is 0 Å². The number of rotatable bonds is 4. The molecule has 1 fully saturated rings. The van der Waals surface area contributed by atoms with Gasteiger partial charge in [0.2, 0.25) is 0 Å². The summed E-state index contributed by atoms with van der Waals surface area (Å²) in [5, 5.41) is 10.2. The lowest BCUT2D eigenvalue weighted by Crippen LogP contribution is -2.27. The average Bonchev–Trinajstić information content (AvgIpc) is 2.37. The van der Waals surface area contributed by atoms with E-state index in [-0.39, 0.29) is 6.10 Å². The minimum atomic E-state index is -0.136. The summed E-state index contributed by atoms with van der Waals surface area (Å²) >= 11 is 1.77. The van der Waals surface area contributed by atoms with Crippen molar-refractivity contribution in [3.8, 4) is 0 Å². The third-order valence-corrected chi connectivity index (χ3v) is 4.80. The summed E-state index contributed by atoms with van der Waals surface area (Å²) in [5.74, 6) is 2.15. The molecule has 2 rings (SSSR count). The van der Waals surface area contributed by atoms with Crippen LogP contribution in [0.4, 0.5) is 0 Å². The van der Waals surface area contributed by atoms with Crippen molar-refractivity contribution in [3.05, 3.63) is 30.3 Å². The fraction of sp³-hybridized carbons (Fsp3) is 0.600. The largest absolute Gasteiger partial charge is 0.392 e. The van der Waals surface area contributed by atoms with Crippen LogP contribution < -0.4 is 0 Å². The van der Waals surface area contributed by atoms with Crippen LogP contribution >= 0.6 is 11.8 Å². The van der Waals surface area contributed by atoms with Gasteiger partial charge in [0.1, 0.15) is 0 Å². The van der Waals surface area contributed by atoms with Gasteiger partial charge in [-0.05, 0) is 36.8 Å². The lowest BCUT2D eigenvalue weighted by Gasteiger charge is -2.30. The number of hydrogen-bond donors (Lipinski definition) is 1. The van der Waals surface area contributed by atoms with Crippen LogP contribution in [-0.2, 0) is 0 Å². The summed E-state index contributed by atoms with van der Waals surface area (Å²) in [4.78, 5) is 1.26. The highest BCUT2D eigenvalue weighted by molar-refractivity contribution is 7.99. The summed E-state index contributed by atoms with van der Waals surface area (Å²) in [7, 11) is 0. The Bertz CT molecular complexity index is 325. The summed E-state index contributed by atoms with van der Waals surface area (Å²) in [6.07, 6.45) is 4.91. The van der Waals surface area contributed by atoms with E-state index in [0.29, 0.717) is 5.92 Å². The third kappa shape index (κ3) is 4.04. The van der Waals surface area contributed by atoms with E-state index in [0.717, 1.165) is 11.7 Å². The first kappa shape index (κ1) is 13.0. The molecule has 0 aromatic heterocycles. The van der Waals surface area contributed by atoms with E-state index in [1.165, 1.54) is 30.6 Å². The number of thioether (sulfide) groups is 1. The number of aliphatic hydroxyl groups is 1. The minimum Gasteiger partial charge on any atom is -0.392 e. The van der Waals surface area contributed by atoms with Crippen molar-refractivity contribution in [1.82, 2.24) is 0 Å². The maximum Gasteiger partial charge on any atom is 0.0662 e. The molecule has 0 bridgehead atoms. The summed E-state index contributed by atoms with van der Waals surface area (Å²) in [6.45, 7) is 2.31. The zero-order valence-electron chi connectivity index (χ0n) is 10.5. The first-order valence-electron chi connectivity index (χ1n) is 6.61. The lowest BCUT2D eigenvalue weighted by molar-refractivity contribution is 0.0903. The van der Waals surface area contributed by atoms with E-state index in [2.05, 4.69) is 31.2 Å². The van der Waals surface area contributed by atoms with Crippen molar-refractivity contribution in [2.75, 3.05) is 5.75 Å². The van der Waals surface area contributed by atoms with Gasteiger partial charge in [0, 0.05) is 10.6 Å². The zero-order chi connectivity index (χ0) is 12.1. The summed E-state index contributed by atoms with van der Waals surface area (Å²) in [5.41, 5.74) is 0. The molecule has 3 atom stereocenters. The van der Waals surface area contributed by atoms with Crippen LogP contribution in [0.25, 0.3) is 0 Å². The monoisotopic (exact) mass is 250 g/mol.